The molecule has 1 unspecified atom stereocenters. The Balaban J connectivity index is 2.75. The van der Waals surface area contributed by atoms with Gasteiger partial charge in [0, 0.05) is 18.5 Å². The second-order valence-electron chi connectivity index (χ2n) is 3.11. The molecule has 0 aliphatic carbocycles. The van der Waals surface area contributed by atoms with Crippen molar-refractivity contribution in [2.24, 2.45) is 0 Å². The highest BCUT2D eigenvalue weighted by atomic mass is 32.1. The number of aromatic amines is 1. The maximum Gasteiger partial charge on any atom is 0.177 e. The Kier molecular flexibility index (Phi) is 3.69. The lowest BCUT2D eigenvalue weighted by atomic mass is 10.3. The van der Waals surface area contributed by atoms with Crippen LogP contribution in [-0.2, 0) is 4.74 Å². The molecule has 74 valence electrons. The first-order valence-electron chi connectivity index (χ1n) is 4.51. The number of aryl methyl sites for hydroxylation is 1. The molecule has 0 amide bonds. The molecule has 13 heavy (non-hydrogen) atoms. The Hall–Kier alpha value is -0.610. The fourth-order valence-corrected chi connectivity index (χ4v) is 1.76. The summed E-state index contributed by atoms with van der Waals surface area (Å²) in [6, 6.07) is 0.304. The van der Waals surface area contributed by atoms with Crippen LogP contribution >= 0.6 is 12.2 Å². The van der Waals surface area contributed by atoms with E-state index in [1.165, 1.54) is 0 Å². The van der Waals surface area contributed by atoms with Gasteiger partial charge in [-0.25, -0.2) is 0 Å². The predicted molar refractivity (Wildman–Crippen MR) is 55.6 cm³/mol. The monoisotopic (exact) mass is 200 g/mol. The minimum absolute atomic E-state index is 0.304. The third kappa shape index (κ3) is 2.42. The van der Waals surface area contributed by atoms with Crippen molar-refractivity contribution in [3.63, 3.8) is 0 Å². The minimum atomic E-state index is 0.304. The topological polar surface area (TPSA) is 29.9 Å². The number of rotatable bonds is 4. The second-order valence-corrected chi connectivity index (χ2v) is 3.50. The van der Waals surface area contributed by atoms with Crippen molar-refractivity contribution in [3.8, 4) is 0 Å². The van der Waals surface area contributed by atoms with Crippen LogP contribution in [0.5, 0.6) is 0 Å². The molecule has 1 aromatic heterocycles. The van der Waals surface area contributed by atoms with Crippen molar-refractivity contribution < 1.29 is 4.74 Å². The van der Waals surface area contributed by atoms with Crippen LogP contribution < -0.4 is 0 Å². The fourth-order valence-electron chi connectivity index (χ4n) is 1.38. The molecule has 1 heterocycles. The number of nitrogens with one attached hydrogen (secondary N) is 1. The van der Waals surface area contributed by atoms with Gasteiger partial charge in [-0.15, -0.1) is 0 Å². The maximum absolute atomic E-state index is 5.35. The second kappa shape index (κ2) is 4.58. The van der Waals surface area contributed by atoms with E-state index in [9.17, 15) is 0 Å². The highest BCUT2D eigenvalue weighted by Crippen LogP contribution is 2.10. The summed E-state index contributed by atoms with van der Waals surface area (Å²) in [6.45, 7) is 7.60. The molecule has 0 aromatic carbocycles. The molecule has 0 fully saturated rings. The molecule has 0 aliphatic heterocycles. The van der Waals surface area contributed by atoms with E-state index >= 15 is 0 Å². The molecule has 1 aromatic rings. The molecule has 0 saturated carbocycles. The quantitative estimate of drug-likeness (QED) is 0.757. The number of aromatic nitrogens is 2. The van der Waals surface area contributed by atoms with Gasteiger partial charge in [0.2, 0.25) is 0 Å². The average molecular weight is 200 g/mol. The van der Waals surface area contributed by atoms with E-state index in [4.69, 9.17) is 17.0 Å². The molecular formula is C9H16N2OS. The Bertz CT molecular complexity index is 316. The van der Waals surface area contributed by atoms with Crippen LogP contribution in [0.1, 0.15) is 25.6 Å². The molecule has 1 rings (SSSR count). The van der Waals surface area contributed by atoms with E-state index < -0.39 is 0 Å². The molecule has 1 N–H and O–H groups in total. The van der Waals surface area contributed by atoms with Gasteiger partial charge in [0.05, 0.1) is 12.6 Å². The van der Waals surface area contributed by atoms with Crippen LogP contribution in [0.2, 0.25) is 0 Å². The van der Waals surface area contributed by atoms with Gasteiger partial charge in [0.1, 0.15) is 0 Å². The van der Waals surface area contributed by atoms with Gasteiger partial charge < -0.3 is 14.3 Å². The lowest BCUT2D eigenvalue weighted by Crippen LogP contribution is -2.13. The van der Waals surface area contributed by atoms with Crippen LogP contribution in [0.25, 0.3) is 0 Å². The number of hydrogen-bond donors (Lipinski definition) is 1. The molecule has 0 bridgehead atoms. The van der Waals surface area contributed by atoms with Gasteiger partial charge >= 0.3 is 0 Å². The fraction of sp³-hybridized carbons (Fsp3) is 0.667. The van der Waals surface area contributed by atoms with Gasteiger partial charge in [-0.1, -0.05) is 0 Å². The third-order valence-corrected chi connectivity index (χ3v) is 2.32. The Morgan fingerprint density at radius 2 is 2.38 bits per heavy atom. The Morgan fingerprint density at radius 1 is 1.69 bits per heavy atom. The molecule has 0 aliphatic rings. The summed E-state index contributed by atoms with van der Waals surface area (Å²) in [5.74, 6) is 0. The number of hydrogen-bond acceptors (Lipinski definition) is 2. The summed E-state index contributed by atoms with van der Waals surface area (Å²) in [5.41, 5.74) is 1.15. The minimum Gasteiger partial charge on any atom is -0.380 e. The van der Waals surface area contributed by atoms with Crippen molar-refractivity contribution in [2.45, 2.75) is 26.8 Å². The molecule has 1 atom stereocenters. The Morgan fingerprint density at radius 3 is 2.85 bits per heavy atom. The standard InChI is InChI=1S/C9H16N2OS/c1-4-12-6-8(3)11-7(2)5-10-9(11)13/h5,8H,4,6H2,1-3H3,(H,10,13). The lowest BCUT2D eigenvalue weighted by molar-refractivity contribution is 0.118. The summed E-state index contributed by atoms with van der Waals surface area (Å²) in [4.78, 5) is 3.02. The lowest BCUT2D eigenvalue weighted by Gasteiger charge is -2.14. The molecule has 0 spiro atoms. The van der Waals surface area contributed by atoms with E-state index in [1.54, 1.807) is 0 Å². The molecule has 0 radical (unpaired) electrons. The van der Waals surface area contributed by atoms with Crippen LogP contribution in [-0.4, -0.2) is 22.8 Å². The summed E-state index contributed by atoms with van der Waals surface area (Å²) in [5, 5.41) is 0. The normalized spacial score (nSPS) is 13.2. The van der Waals surface area contributed by atoms with Crippen LogP contribution in [0.15, 0.2) is 6.20 Å². The van der Waals surface area contributed by atoms with E-state index in [1.807, 2.05) is 20.0 Å². The smallest absolute Gasteiger partial charge is 0.177 e. The summed E-state index contributed by atoms with van der Waals surface area (Å²) < 4.78 is 8.19. The molecule has 3 nitrogen and oxygen atoms in total. The van der Waals surface area contributed by atoms with Crippen LogP contribution in [0, 0.1) is 11.7 Å². The highest BCUT2D eigenvalue weighted by molar-refractivity contribution is 7.71. The van der Waals surface area contributed by atoms with E-state index in [0.717, 1.165) is 17.1 Å². The van der Waals surface area contributed by atoms with E-state index in [0.29, 0.717) is 12.6 Å². The molecular weight excluding hydrogens is 184 g/mol. The van der Waals surface area contributed by atoms with Crippen molar-refractivity contribution >= 4 is 12.2 Å². The third-order valence-electron chi connectivity index (χ3n) is 2.01. The summed E-state index contributed by atoms with van der Waals surface area (Å²) in [7, 11) is 0. The number of imidazole rings is 1. The van der Waals surface area contributed by atoms with Crippen LogP contribution in [0.4, 0.5) is 0 Å². The van der Waals surface area contributed by atoms with Crippen LogP contribution in [0.3, 0.4) is 0 Å². The summed E-state index contributed by atoms with van der Waals surface area (Å²) >= 11 is 5.15. The van der Waals surface area contributed by atoms with Crippen molar-refractivity contribution in [1.29, 1.82) is 0 Å². The molecule has 0 saturated heterocycles. The van der Waals surface area contributed by atoms with Gasteiger partial charge in [-0.2, -0.15) is 0 Å². The SMILES string of the molecule is CCOCC(C)n1c(C)c[nH]c1=S. The zero-order chi connectivity index (χ0) is 9.84. The first-order chi connectivity index (χ1) is 6.16. The van der Waals surface area contributed by atoms with Crippen molar-refractivity contribution in [2.75, 3.05) is 13.2 Å². The number of nitrogens with zero attached hydrogens (tertiary/aromatic N) is 1. The first-order valence-corrected chi connectivity index (χ1v) is 4.92. The average Bonchev–Trinajstić information content (AvgIpc) is 2.42. The highest BCUT2D eigenvalue weighted by Gasteiger charge is 2.07. The van der Waals surface area contributed by atoms with Gasteiger partial charge in [0.25, 0.3) is 0 Å². The number of ether oxygens (including phenoxy) is 1. The number of H-pyrrole nitrogens is 1. The largest absolute Gasteiger partial charge is 0.380 e. The van der Waals surface area contributed by atoms with Gasteiger partial charge in [-0.05, 0) is 33.0 Å². The predicted octanol–water partition coefficient (Wildman–Crippen LogP) is 2.45. The zero-order valence-electron chi connectivity index (χ0n) is 8.33. The Labute approximate surface area is 83.7 Å². The first kappa shape index (κ1) is 10.5. The van der Waals surface area contributed by atoms with Crippen molar-refractivity contribution in [1.82, 2.24) is 9.55 Å². The zero-order valence-corrected chi connectivity index (χ0v) is 9.15. The summed E-state index contributed by atoms with van der Waals surface area (Å²) in [6.07, 6.45) is 1.92. The molecule has 4 heteroatoms. The van der Waals surface area contributed by atoms with Gasteiger partial charge in [0.15, 0.2) is 4.77 Å². The van der Waals surface area contributed by atoms with Gasteiger partial charge in [-0.3, -0.25) is 0 Å². The van der Waals surface area contributed by atoms with E-state index in [2.05, 4.69) is 16.5 Å². The maximum atomic E-state index is 5.35. The van der Waals surface area contributed by atoms with Crippen molar-refractivity contribution in [3.05, 3.63) is 16.7 Å². The van der Waals surface area contributed by atoms with E-state index in [-0.39, 0.29) is 0 Å².